The lowest BCUT2D eigenvalue weighted by Gasteiger charge is -2.22. The number of carbonyl (C=O) groups is 1. The molecule has 30 heavy (non-hydrogen) atoms. The van der Waals surface area contributed by atoms with Crippen LogP contribution in [0.15, 0.2) is 36.4 Å². The maximum absolute atomic E-state index is 11.8. The predicted octanol–water partition coefficient (Wildman–Crippen LogP) is 5.76. The van der Waals surface area contributed by atoms with Crippen LogP contribution in [0.4, 0.5) is 11.4 Å². The third-order valence-corrected chi connectivity index (χ3v) is 4.99. The third-order valence-electron chi connectivity index (χ3n) is 4.99. The van der Waals surface area contributed by atoms with Crippen molar-refractivity contribution >= 4 is 17.3 Å². The molecule has 0 aliphatic heterocycles. The van der Waals surface area contributed by atoms with E-state index in [-0.39, 0.29) is 17.4 Å². The highest BCUT2D eigenvalue weighted by atomic mass is 16.6. The van der Waals surface area contributed by atoms with E-state index < -0.39 is 10.9 Å². The molecule has 0 saturated heterocycles. The summed E-state index contributed by atoms with van der Waals surface area (Å²) in [4.78, 5) is 24.3. The number of carboxylic acid groups (broad SMARTS) is 1. The van der Waals surface area contributed by atoms with Crippen LogP contribution < -0.4 is 9.64 Å². The molecule has 2 aromatic rings. The molecule has 1 unspecified atom stereocenters. The van der Waals surface area contributed by atoms with Gasteiger partial charge in [-0.15, -0.1) is 0 Å². The molecule has 0 amide bonds. The van der Waals surface area contributed by atoms with Gasteiger partial charge in [0.05, 0.1) is 33.9 Å². The van der Waals surface area contributed by atoms with Crippen molar-refractivity contribution in [3.8, 4) is 16.9 Å². The summed E-state index contributed by atoms with van der Waals surface area (Å²) < 4.78 is 6.10. The first-order valence-electron chi connectivity index (χ1n) is 10.2. The number of hydrogen-bond donors (Lipinski definition) is 1. The van der Waals surface area contributed by atoms with Crippen LogP contribution in [0.3, 0.4) is 0 Å². The Morgan fingerprint density at radius 2 is 1.83 bits per heavy atom. The first-order valence-corrected chi connectivity index (χ1v) is 10.2. The maximum atomic E-state index is 11.8. The van der Waals surface area contributed by atoms with Crippen molar-refractivity contribution in [1.82, 2.24) is 0 Å². The molecular formula is C23H30N2O5. The molecule has 0 radical (unpaired) electrons. The SMILES string of the molecule is CCCCCCC(C)Oc1cc([N+](=O)[O-])c(-c2ccc(C(=O)O)cc2)cc1N(C)C. The zero-order chi connectivity index (χ0) is 22.3. The number of nitrogens with zero attached hydrogens (tertiary/aromatic N) is 2. The van der Waals surface area contributed by atoms with Gasteiger partial charge in [-0.05, 0) is 43.5 Å². The molecule has 0 saturated carbocycles. The number of aromatic carboxylic acids is 1. The van der Waals surface area contributed by atoms with Crippen LogP contribution in [0.2, 0.25) is 0 Å². The lowest BCUT2D eigenvalue weighted by molar-refractivity contribution is -0.384. The van der Waals surface area contributed by atoms with Gasteiger partial charge in [0.15, 0.2) is 0 Å². The average Bonchev–Trinajstić information content (AvgIpc) is 2.70. The lowest BCUT2D eigenvalue weighted by Crippen LogP contribution is -2.16. The fourth-order valence-corrected chi connectivity index (χ4v) is 3.31. The second kappa shape index (κ2) is 10.6. The molecule has 162 valence electrons. The van der Waals surface area contributed by atoms with Crippen LogP contribution in [0.5, 0.6) is 5.75 Å². The molecule has 1 atom stereocenters. The zero-order valence-corrected chi connectivity index (χ0v) is 18.1. The van der Waals surface area contributed by atoms with E-state index in [0.29, 0.717) is 16.9 Å². The van der Waals surface area contributed by atoms with E-state index in [1.54, 1.807) is 18.2 Å². The predicted molar refractivity (Wildman–Crippen MR) is 119 cm³/mol. The Hall–Kier alpha value is -3.09. The van der Waals surface area contributed by atoms with Gasteiger partial charge >= 0.3 is 5.97 Å². The molecule has 0 bridgehead atoms. The number of carboxylic acids is 1. The fraction of sp³-hybridized carbons (Fsp3) is 0.435. The number of ether oxygens (including phenoxy) is 1. The number of anilines is 1. The summed E-state index contributed by atoms with van der Waals surface area (Å²) in [5.41, 5.74) is 1.79. The zero-order valence-electron chi connectivity index (χ0n) is 18.1. The summed E-state index contributed by atoms with van der Waals surface area (Å²) in [5, 5.41) is 20.9. The standard InChI is InChI=1S/C23H30N2O5/c1-5-6-7-8-9-16(2)30-22-15-20(25(28)29)19(14-21(22)24(3)4)17-10-12-18(13-11-17)23(26)27/h10-16H,5-9H2,1-4H3,(H,26,27). The topological polar surface area (TPSA) is 92.9 Å². The number of nitro benzene ring substituents is 1. The minimum absolute atomic E-state index is 0.0548. The Balaban J connectivity index is 2.39. The summed E-state index contributed by atoms with van der Waals surface area (Å²) in [7, 11) is 3.72. The molecule has 1 N–H and O–H groups in total. The van der Waals surface area contributed by atoms with Gasteiger partial charge in [-0.2, -0.15) is 0 Å². The van der Waals surface area contributed by atoms with Crippen molar-refractivity contribution in [1.29, 1.82) is 0 Å². The van der Waals surface area contributed by atoms with E-state index in [1.807, 2.05) is 25.9 Å². The van der Waals surface area contributed by atoms with Gasteiger partial charge in [0.2, 0.25) is 0 Å². The van der Waals surface area contributed by atoms with Crippen molar-refractivity contribution in [2.45, 2.75) is 52.1 Å². The van der Waals surface area contributed by atoms with Crippen LogP contribution >= 0.6 is 0 Å². The fourth-order valence-electron chi connectivity index (χ4n) is 3.31. The molecule has 0 aliphatic rings. The smallest absolute Gasteiger partial charge is 0.335 e. The Morgan fingerprint density at radius 3 is 2.37 bits per heavy atom. The van der Waals surface area contributed by atoms with Gasteiger partial charge < -0.3 is 14.7 Å². The van der Waals surface area contributed by atoms with Gasteiger partial charge in [-0.3, -0.25) is 10.1 Å². The van der Waals surface area contributed by atoms with E-state index in [2.05, 4.69) is 6.92 Å². The average molecular weight is 415 g/mol. The van der Waals surface area contributed by atoms with Crippen molar-refractivity contribution in [2.75, 3.05) is 19.0 Å². The summed E-state index contributed by atoms with van der Waals surface area (Å²) in [5.74, 6) is -0.567. The van der Waals surface area contributed by atoms with Gasteiger partial charge in [-0.1, -0.05) is 38.3 Å². The number of unbranched alkanes of at least 4 members (excludes halogenated alkanes) is 3. The quantitative estimate of drug-likeness (QED) is 0.285. The van der Waals surface area contributed by atoms with Gasteiger partial charge in [0.1, 0.15) is 5.75 Å². The number of rotatable bonds is 11. The number of hydrogen-bond acceptors (Lipinski definition) is 5. The normalized spacial score (nSPS) is 11.7. The van der Waals surface area contributed by atoms with Crippen LogP contribution in [0.25, 0.3) is 11.1 Å². The molecule has 0 aromatic heterocycles. The van der Waals surface area contributed by atoms with Crippen molar-refractivity contribution < 1.29 is 19.6 Å². The molecule has 2 aromatic carbocycles. The molecule has 0 aliphatic carbocycles. The van der Waals surface area contributed by atoms with Crippen LogP contribution in [-0.4, -0.2) is 36.2 Å². The molecule has 0 heterocycles. The molecule has 7 nitrogen and oxygen atoms in total. The van der Waals surface area contributed by atoms with Gasteiger partial charge in [0.25, 0.3) is 5.69 Å². The van der Waals surface area contributed by atoms with Gasteiger partial charge in [-0.25, -0.2) is 4.79 Å². The lowest BCUT2D eigenvalue weighted by atomic mass is 10.0. The Kier molecular flexibility index (Phi) is 8.21. The summed E-state index contributed by atoms with van der Waals surface area (Å²) >= 11 is 0. The Labute approximate surface area is 177 Å². The highest BCUT2D eigenvalue weighted by molar-refractivity contribution is 5.89. The maximum Gasteiger partial charge on any atom is 0.335 e. The second-order valence-corrected chi connectivity index (χ2v) is 7.65. The second-order valence-electron chi connectivity index (χ2n) is 7.65. The summed E-state index contributed by atoms with van der Waals surface area (Å²) in [6.07, 6.45) is 5.40. The molecule has 0 fully saturated rings. The Bertz CT molecular complexity index is 878. The van der Waals surface area contributed by atoms with Crippen molar-refractivity contribution in [3.63, 3.8) is 0 Å². The van der Waals surface area contributed by atoms with E-state index in [0.717, 1.165) is 24.9 Å². The molecule has 0 spiro atoms. The van der Waals surface area contributed by atoms with E-state index in [4.69, 9.17) is 9.84 Å². The van der Waals surface area contributed by atoms with Gasteiger partial charge in [0, 0.05) is 14.1 Å². The summed E-state index contributed by atoms with van der Waals surface area (Å²) in [6, 6.07) is 9.26. The van der Waals surface area contributed by atoms with Crippen LogP contribution in [-0.2, 0) is 0 Å². The van der Waals surface area contributed by atoms with Crippen molar-refractivity contribution in [2.24, 2.45) is 0 Å². The minimum atomic E-state index is -1.04. The highest BCUT2D eigenvalue weighted by Crippen LogP contribution is 2.40. The van der Waals surface area contributed by atoms with Crippen LogP contribution in [0.1, 0.15) is 56.3 Å². The molecular weight excluding hydrogens is 384 g/mol. The first kappa shape index (κ1) is 23.2. The van der Waals surface area contributed by atoms with E-state index in [1.165, 1.54) is 31.0 Å². The molecule has 2 rings (SSSR count). The van der Waals surface area contributed by atoms with Crippen molar-refractivity contribution in [3.05, 3.63) is 52.1 Å². The number of benzene rings is 2. The minimum Gasteiger partial charge on any atom is -0.488 e. The monoisotopic (exact) mass is 414 g/mol. The number of nitro groups is 1. The largest absolute Gasteiger partial charge is 0.488 e. The Morgan fingerprint density at radius 1 is 1.17 bits per heavy atom. The highest BCUT2D eigenvalue weighted by Gasteiger charge is 2.22. The third kappa shape index (κ3) is 5.95. The van der Waals surface area contributed by atoms with E-state index in [9.17, 15) is 14.9 Å². The summed E-state index contributed by atoms with van der Waals surface area (Å²) in [6.45, 7) is 4.15. The van der Waals surface area contributed by atoms with Crippen LogP contribution in [0, 0.1) is 10.1 Å². The molecule has 7 heteroatoms. The first-order chi connectivity index (χ1) is 14.2. The van der Waals surface area contributed by atoms with E-state index >= 15 is 0 Å².